The molecule has 0 heterocycles. The van der Waals surface area contributed by atoms with E-state index in [9.17, 15) is 8.42 Å². The minimum atomic E-state index is -3.38. The SMILES string of the molecule is COCCS(=O)(=O)Nc1ccc(C)c(N)c1C. The number of nitrogen functional groups attached to an aromatic ring is 1. The number of ether oxygens (including phenoxy) is 1. The monoisotopic (exact) mass is 258 g/mol. The van der Waals surface area contributed by atoms with Gasteiger partial charge in [-0.2, -0.15) is 0 Å². The van der Waals surface area contributed by atoms with Gasteiger partial charge < -0.3 is 10.5 Å². The Balaban J connectivity index is 2.93. The van der Waals surface area contributed by atoms with Crippen molar-refractivity contribution in [1.82, 2.24) is 0 Å². The molecule has 0 bridgehead atoms. The summed E-state index contributed by atoms with van der Waals surface area (Å²) in [4.78, 5) is 0. The van der Waals surface area contributed by atoms with E-state index in [1.54, 1.807) is 19.1 Å². The van der Waals surface area contributed by atoms with Gasteiger partial charge in [0.05, 0.1) is 18.0 Å². The van der Waals surface area contributed by atoms with Crippen LogP contribution in [0.1, 0.15) is 11.1 Å². The molecule has 0 aliphatic heterocycles. The molecular formula is C11H18N2O3S. The smallest absolute Gasteiger partial charge is 0.235 e. The highest BCUT2D eigenvalue weighted by molar-refractivity contribution is 7.92. The van der Waals surface area contributed by atoms with Crippen LogP contribution in [0.15, 0.2) is 12.1 Å². The topological polar surface area (TPSA) is 81.4 Å². The van der Waals surface area contributed by atoms with Crippen molar-refractivity contribution in [3.63, 3.8) is 0 Å². The maximum atomic E-state index is 11.7. The third-order valence-corrected chi connectivity index (χ3v) is 3.79. The molecule has 0 unspecified atom stereocenters. The molecule has 1 rings (SSSR count). The van der Waals surface area contributed by atoms with Crippen molar-refractivity contribution in [2.24, 2.45) is 0 Å². The first-order chi connectivity index (χ1) is 7.87. The number of hydrogen-bond donors (Lipinski definition) is 2. The van der Waals surface area contributed by atoms with Crippen LogP contribution in [0.25, 0.3) is 0 Å². The van der Waals surface area contributed by atoms with Crippen LogP contribution in [0.2, 0.25) is 0 Å². The van der Waals surface area contributed by atoms with Crippen LogP contribution < -0.4 is 10.5 Å². The van der Waals surface area contributed by atoms with E-state index in [-0.39, 0.29) is 12.4 Å². The summed E-state index contributed by atoms with van der Waals surface area (Å²) >= 11 is 0. The lowest BCUT2D eigenvalue weighted by Gasteiger charge is -2.13. The number of aryl methyl sites for hydroxylation is 1. The molecule has 0 saturated heterocycles. The van der Waals surface area contributed by atoms with Crippen LogP contribution in [-0.2, 0) is 14.8 Å². The summed E-state index contributed by atoms with van der Waals surface area (Å²) < 4.78 is 30.6. The average Bonchev–Trinajstić information content (AvgIpc) is 2.27. The summed E-state index contributed by atoms with van der Waals surface area (Å²) in [6.45, 7) is 3.83. The molecule has 0 aliphatic carbocycles. The average molecular weight is 258 g/mol. The van der Waals surface area contributed by atoms with Crippen LogP contribution in [0, 0.1) is 13.8 Å². The fourth-order valence-electron chi connectivity index (χ4n) is 1.39. The van der Waals surface area contributed by atoms with Gasteiger partial charge in [0.1, 0.15) is 0 Å². The Hall–Kier alpha value is -1.27. The first-order valence-electron chi connectivity index (χ1n) is 5.22. The summed E-state index contributed by atoms with van der Waals surface area (Å²) in [6.07, 6.45) is 0. The number of anilines is 2. The molecule has 1 aromatic carbocycles. The highest BCUT2D eigenvalue weighted by atomic mass is 32.2. The molecular weight excluding hydrogens is 240 g/mol. The predicted molar refractivity (Wildman–Crippen MR) is 69.6 cm³/mol. The van der Waals surface area contributed by atoms with Crippen molar-refractivity contribution in [2.75, 3.05) is 29.9 Å². The Morgan fingerprint density at radius 2 is 2.00 bits per heavy atom. The summed E-state index contributed by atoms with van der Waals surface area (Å²) in [6, 6.07) is 3.50. The Morgan fingerprint density at radius 3 is 2.59 bits per heavy atom. The molecule has 0 aliphatic rings. The van der Waals surface area contributed by atoms with E-state index in [1.807, 2.05) is 6.92 Å². The molecule has 0 saturated carbocycles. The summed E-state index contributed by atoms with van der Waals surface area (Å²) in [5, 5.41) is 0. The minimum absolute atomic E-state index is 0.0727. The molecule has 6 heteroatoms. The highest BCUT2D eigenvalue weighted by Gasteiger charge is 2.13. The van der Waals surface area contributed by atoms with Gasteiger partial charge in [0.15, 0.2) is 0 Å². The first-order valence-corrected chi connectivity index (χ1v) is 6.87. The van der Waals surface area contributed by atoms with Crippen molar-refractivity contribution in [3.05, 3.63) is 23.3 Å². The second kappa shape index (κ2) is 5.37. The third-order valence-electron chi connectivity index (χ3n) is 2.55. The first kappa shape index (κ1) is 13.8. The zero-order chi connectivity index (χ0) is 13.1. The molecule has 0 fully saturated rings. The van der Waals surface area contributed by atoms with E-state index in [4.69, 9.17) is 10.5 Å². The fourth-order valence-corrected chi connectivity index (χ4v) is 2.43. The lowest BCUT2D eigenvalue weighted by molar-refractivity contribution is 0.217. The van der Waals surface area contributed by atoms with Crippen molar-refractivity contribution in [3.8, 4) is 0 Å². The zero-order valence-electron chi connectivity index (χ0n) is 10.3. The Kier molecular flexibility index (Phi) is 4.36. The molecule has 5 nitrogen and oxygen atoms in total. The van der Waals surface area contributed by atoms with Gasteiger partial charge in [-0.1, -0.05) is 6.07 Å². The van der Waals surface area contributed by atoms with Gasteiger partial charge in [-0.15, -0.1) is 0 Å². The van der Waals surface area contributed by atoms with Crippen LogP contribution in [0.3, 0.4) is 0 Å². The number of hydrogen-bond acceptors (Lipinski definition) is 4. The van der Waals surface area contributed by atoms with Crippen molar-refractivity contribution in [1.29, 1.82) is 0 Å². The maximum Gasteiger partial charge on any atom is 0.235 e. The van der Waals surface area contributed by atoms with Gasteiger partial charge in [0.2, 0.25) is 10.0 Å². The molecule has 0 aromatic heterocycles. The Morgan fingerprint density at radius 1 is 1.35 bits per heavy atom. The van der Waals surface area contributed by atoms with Crippen molar-refractivity contribution in [2.45, 2.75) is 13.8 Å². The normalized spacial score (nSPS) is 11.5. The molecule has 1 aromatic rings. The third kappa shape index (κ3) is 3.61. The minimum Gasteiger partial charge on any atom is -0.398 e. The molecule has 3 N–H and O–H groups in total. The summed E-state index contributed by atoms with van der Waals surface area (Å²) in [5.74, 6) is -0.0727. The Bertz CT molecular complexity index is 498. The second-order valence-electron chi connectivity index (χ2n) is 3.88. The molecule has 96 valence electrons. The predicted octanol–water partition coefficient (Wildman–Crippen LogP) is 1.27. The fraction of sp³-hybridized carbons (Fsp3) is 0.455. The lowest BCUT2D eigenvalue weighted by Crippen LogP contribution is -2.20. The second-order valence-corrected chi connectivity index (χ2v) is 5.72. The van der Waals surface area contributed by atoms with Gasteiger partial charge in [-0.3, -0.25) is 4.72 Å². The van der Waals surface area contributed by atoms with Gasteiger partial charge in [-0.05, 0) is 31.0 Å². The van der Waals surface area contributed by atoms with E-state index in [0.29, 0.717) is 11.4 Å². The lowest BCUT2D eigenvalue weighted by atomic mass is 10.1. The van der Waals surface area contributed by atoms with E-state index >= 15 is 0 Å². The van der Waals surface area contributed by atoms with Crippen LogP contribution in [0.4, 0.5) is 11.4 Å². The number of rotatable bonds is 5. The van der Waals surface area contributed by atoms with Gasteiger partial charge >= 0.3 is 0 Å². The van der Waals surface area contributed by atoms with Gasteiger partial charge in [0.25, 0.3) is 0 Å². The molecule has 17 heavy (non-hydrogen) atoms. The number of methoxy groups -OCH3 is 1. The van der Waals surface area contributed by atoms with Crippen molar-refractivity contribution >= 4 is 21.4 Å². The highest BCUT2D eigenvalue weighted by Crippen LogP contribution is 2.25. The molecule has 0 spiro atoms. The Labute approximate surface area is 102 Å². The van der Waals surface area contributed by atoms with E-state index in [2.05, 4.69) is 4.72 Å². The van der Waals surface area contributed by atoms with E-state index in [1.165, 1.54) is 7.11 Å². The zero-order valence-corrected chi connectivity index (χ0v) is 11.1. The quantitative estimate of drug-likeness (QED) is 0.779. The molecule has 0 atom stereocenters. The van der Waals surface area contributed by atoms with Crippen LogP contribution in [-0.4, -0.2) is 27.9 Å². The number of nitrogens with two attached hydrogens (primary N) is 1. The van der Waals surface area contributed by atoms with Crippen LogP contribution >= 0.6 is 0 Å². The van der Waals surface area contributed by atoms with Crippen LogP contribution in [0.5, 0.6) is 0 Å². The standard InChI is InChI=1S/C11H18N2O3S/c1-8-4-5-10(9(2)11(8)12)13-17(14,15)7-6-16-3/h4-5,13H,6-7,12H2,1-3H3. The van der Waals surface area contributed by atoms with Crippen molar-refractivity contribution < 1.29 is 13.2 Å². The van der Waals surface area contributed by atoms with Gasteiger partial charge in [-0.25, -0.2) is 8.42 Å². The number of benzene rings is 1. The number of nitrogens with one attached hydrogen (secondary N) is 1. The largest absolute Gasteiger partial charge is 0.398 e. The molecule has 0 amide bonds. The van der Waals surface area contributed by atoms with E-state index < -0.39 is 10.0 Å². The summed E-state index contributed by atoms with van der Waals surface area (Å²) in [5.41, 5.74) is 8.64. The number of sulfonamides is 1. The molecule has 0 radical (unpaired) electrons. The van der Waals surface area contributed by atoms with Gasteiger partial charge in [0, 0.05) is 12.8 Å². The van der Waals surface area contributed by atoms with E-state index in [0.717, 1.165) is 11.1 Å². The maximum absolute atomic E-state index is 11.7. The summed E-state index contributed by atoms with van der Waals surface area (Å²) in [7, 11) is -1.92.